The molecule has 3 rings (SSSR count). The highest BCUT2D eigenvalue weighted by Crippen LogP contribution is 2.25. The second-order valence-electron chi connectivity index (χ2n) is 7.26. The minimum absolute atomic E-state index is 0.0135. The zero-order valence-electron chi connectivity index (χ0n) is 15.5. The third-order valence-electron chi connectivity index (χ3n) is 4.20. The molecule has 26 heavy (non-hydrogen) atoms. The molecule has 0 bridgehead atoms. The Morgan fingerprint density at radius 2 is 1.88 bits per heavy atom. The van der Waals surface area contributed by atoms with Gasteiger partial charge in [-0.15, -0.1) is 0 Å². The van der Waals surface area contributed by atoms with Crippen molar-refractivity contribution in [1.82, 2.24) is 14.6 Å². The topological polar surface area (TPSA) is 76.5 Å². The summed E-state index contributed by atoms with van der Waals surface area (Å²) < 4.78 is 6.29. The first-order valence-electron chi connectivity index (χ1n) is 8.66. The van der Waals surface area contributed by atoms with E-state index in [9.17, 15) is 9.59 Å². The molecular weight excluding hydrogens is 330 g/mol. The molecule has 0 saturated heterocycles. The standard InChI is InChI=1S/C20H23N3O3/c1-5-26-19(25)11-15-10-18(24)23-17(21-15)12-16(22-23)13-6-8-14(9-7-13)20(2,3)4/h6-10,12,22H,5,11H2,1-4H3. The molecule has 6 heteroatoms. The van der Waals surface area contributed by atoms with Crippen LogP contribution in [0.15, 0.2) is 41.2 Å². The number of esters is 1. The van der Waals surface area contributed by atoms with E-state index in [4.69, 9.17) is 4.74 Å². The van der Waals surface area contributed by atoms with Crippen LogP contribution < -0.4 is 5.56 Å². The van der Waals surface area contributed by atoms with Crippen LogP contribution in [0.2, 0.25) is 0 Å². The van der Waals surface area contributed by atoms with Gasteiger partial charge in [-0.25, -0.2) is 9.50 Å². The van der Waals surface area contributed by atoms with Gasteiger partial charge in [-0.3, -0.25) is 14.7 Å². The number of carbonyl (C=O) groups is 1. The number of hydrogen-bond acceptors (Lipinski definition) is 4. The lowest BCUT2D eigenvalue weighted by Gasteiger charge is -2.18. The number of H-pyrrole nitrogens is 1. The molecule has 0 aliphatic rings. The van der Waals surface area contributed by atoms with Crippen LogP contribution in [0.4, 0.5) is 0 Å². The van der Waals surface area contributed by atoms with Gasteiger partial charge in [-0.05, 0) is 23.5 Å². The molecule has 2 heterocycles. The van der Waals surface area contributed by atoms with Gasteiger partial charge in [0.1, 0.15) is 0 Å². The number of ether oxygens (including phenoxy) is 1. The lowest BCUT2D eigenvalue weighted by molar-refractivity contribution is -0.142. The molecule has 136 valence electrons. The minimum atomic E-state index is -0.391. The van der Waals surface area contributed by atoms with Gasteiger partial charge in [-0.2, -0.15) is 0 Å². The van der Waals surface area contributed by atoms with Gasteiger partial charge in [0.05, 0.1) is 24.4 Å². The summed E-state index contributed by atoms with van der Waals surface area (Å²) >= 11 is 0. The van der Waals surface area contributed by atoms with E-state index in [1.807, 2.05) is 18.2 Å². The monoisotopic (exact) mass is 353 g/mol. The van der Waals surface area contributed by atoms with Crippen molar-refractivity contribution in [2.75, 3.05) is 6.61 Å². The predicted octanol–water partition coefficient (Wildman–Crippen LogP) is 3.09. The minimum Gasteiger partial charge on any atom is -0.466 e. The Hall–Kier alpha value is -2.89. The molecule has 2 aromatic heterocycles. The van der Waals surface area contributed by atoms with Gasteiger partial charge in [0.2, 0.25) is 0 Å². The van der Waals surface area contributed by atoms with Gasteiger partial charge in [-0.1, -0.05) is 45.0 Å². The van der Waals surface area contributed by atoms with Gasteiger partial charge < -0.3 is 4.74 Å². The smallest absolute Gasteiger partial charge is 0.311 e. The highest BCUT2D eigenvalue weighted by atomic mass is 16.5. The summed E-state index contributed by atoms with van der Waals surface area (Å²) in [5, 5.41) is 3.07. The Balaban J connectivity index is 1.95. The zero-order chi connectivity index (χ0) is 18.9. The Labute approximate surface area is 151 Å². The van der Waals surface area contributed by atoms with Crippen molar-refractivity contribution >= 4 is 11.6 Å². The van der Waals surface area contributed by atoms with E-state index >= 15 is 0 Å². The van der Waals surface area contributed by atoms with Gasteiger partial charge in [0.15, 0.2) is 5.65 Å². The molecule has 0 amide bonds. The highest BCUT2D eigenvalue weighted by molar-refractivity contribution is 5.72. The van der Waals surface area contributed by atoms with E-state index in [-0.39, 0.29) is 17.4 Å². The molecule has 0 unspecified atom stereocenters. The molecular formula is C20H23N3O3. The van der Waals surface area contributed by atoms with E-state index in [0.29, 0.717) is 17.9 Å². The Morgan fingerprint density at radius 3 is 2.50 bits per heavy atom. The molecule has 0 aliphatic heterocycles. The molecule has 0 saturated carbocycles. The van der Waals surface area contributed by atoms with Crippen molar-refractivity contribution in [2.24, 2.45) is 0 Å². The molecule has 0 spiro atoms. The third kappa shape index (κ3) is 3.69. The van der Waals surface area contributed by atoms with Crippen LogP contribution in [0.25, 0.3) is 16.9 Å². The van der Waals surface area contributed by atoms with E-state index < -0.39 is 5.97 Å². The number of aromatic amines is 1. The number of fused-ring (bicyclic) bond motifs is 1. The fourth-order valence-electron chi connectivity index (χ4n) is 2.79. The Morgan fingerprint density at radius 1 is 1.19 bits per heavy atom. The summed E-state index contributed by atoms with van der Waals surface area (Å²) in [6.45, 7) is 8.55. The van der Waals surface area contributed by atoms with Crippen molar-refractivity contribution in [3.63, 3.8) is 0 Å². The van der Waals surface area contributed by atoms with Gasteiger partial charge in [0.25, 0.3) is 5.56 Å². The molecule has 6 nitrogen and oxygen atoms in total. The molecule has 0 radical (unpaired) electrons. The maximum absolute atomic E-state index is 12.3. The number of benzene rings is 1. The normalized spacial score (nSPS) is 11.7. The molecule has 3 aromatic rings. The number of carbonyl (C=O) groups excluding carboxylic acids is 1. The number of hydrogen-bond donors (Lipinski definition) is 1. The summed E-state index contributed by atoms with van der Waals surface area (Å²) in [5.41, 5.74) is 3.71. The van der Waals surface area contributed by atoms with Crippen molar-refractivity contribution in [3.8, 4) is 11.3 Å². The first kappa shape index (κ1) is 17.9. The highest BCUT2D eigenvalue weighted by Gasteiger charge is 2.14. The first-order valence-corrected chi connectivity index (χ1v) is 8.66. The second-order valence-corrected chi connectivity index (χ2v) is 7.26. The fourth-order valence-corrected chi connectivity index (χ4v) is 2.79. The zero-order valence-corrected chi connectivity index (χ0v) is 15.5. The maximum atomic E-state index is 12.3. The summed E-state index contributed by atoms with van der Waals surface area (Å²) in [4.78, 5) is 28.3. The van der Waals surface area contributed by atoms with E-state index in [2.05, 4.69) is 43.0 Å². The van der Waals surface area contributed by atoms with Crippen LogP contribution in [0.1, 0.15) is 39.0 Å². The van der Waals surface area contributed by atoms with E-state index in [1.54, 1.807) is 6.92 Å². The van der Waals surface area contributed by atoms with Crippen LogP contribution in [0, 0.1) is 0 Å². The van der Waals surface area contributed by atoms with Crippen molar-refractivity contribution in [2.45, 2.75) is 39.5 Å². The van der Waals surface area contributed by atoms with Crippen LogP contribution in [-0.2, 0) is 21.4 Å². The lowest BCUT2D eigenvalue weighted by atomic mass is 9.86. The van der Waals surface area contributed by atoms with Crippen LogP contribution in [-0.4, -0.2) is 27.2 Å². The summed E-state index contributed by atoms with van der Waals surface area (Å²) in [7, 11) is 0. The first-order chi connectivity index (χ1) is 12.3. The van der Waals surface area contributed by atoms with Crippen molar-refractivity contribution in [3.05, 3.63) is 58.0 Å². The molecule has 0 atom stereocenters. The number of aromatic nitrogens is 3. The molecule has 0 aliphatic carbocycles. The Bertz CT molecular complexity index is 992. The summed E-state index contributed by atoms with van der Waals surface area (Å²) in [6, 6.07) is 11.4. The SMILES string of the molecule is CCOC(=O)Cc1cc(=O)n2[nH]c(-c3ccc(C(C)(C)C)cc3)cc2n1. The average Bonchev–Trinajstić information content (AvgIpc) is 2.99. The predicted molar refractivity (Wildman–Crippen MR) is 100 cm³/mol. The Kier molecular flexibility index (Phi) is 4.68. The van der Waals surface area contributed by atoms with Crippen molar-refractivity contribution < 1.29 is 9.53 Å². The molecule has 1 N–H and O–H groups in total. The van der Waals surface area contributed by atoms with Crippen molar-refractivity contribution in [1.29, 1.82) is 0 Å². The largest absolute Gasteiger partial charge is 0.466 e. The third-order valence-corrected chi connectivity index (χ3v) is 4.20. The van der Waals surface area contributed by atoms with Gasteiger partial charge in [0, 0.05) is 12.1 Å². The number of nitrogens with zero attached hydrogens (tertiary/aromatic N) is 2. The number of rotatable bonds is 4. The number of nitrogens with one attached hydrogen (secondary N) is 1. The second kappa shape index (κ2) is 6.78. The van der Waals surface area contributed by atoms with Gasteiger partial charge >= 0.3 is 5.97 Å². The van der Waals surface area contributed by atoms with Crippen LogP contribution >= 0.6 is 0 Å². The molecule has 1 aromatic carbocycles. The van der Waals surface area contributed by atoms with Crippen LogP contribution in [0.3, 0.4) is 0 Å². The average molecular weight is 353 g/mol. The summed E-state index contributed by atoms with van der Waals surface area (Å²) in [5.74, 6) is -0.391. The summed E-state index contributed by atoms with van der Waals surface area (Å²) in [6.07, 6.45) is -0.0135. The van der Waals surface area contributed by atoms with E-state index in [0.717, 1.165) is 11.3 Å². The lowest BCUT2D eigenvalue weighted by Crippen LogP contribution is -2.17. The fraction of sp³-hybridized carbons (Fsp3) is 0.350. The van der Waals surface area contributed by atoms with Crippen LogP contribution in [0.5, 0.6) is 0 Å². The maximum Gasteiger partial charge on any atom is 0.311 e. The van der Waals surface area contributed by atoms with E-state index in [1.165, 1.54) is 16.1 Å². The molecule has 0 fully saturated rings. The quantitative estimate of drug-likeness (QED) is 0.731.